The second-order valence-corrected chi connectivity index (χ2v) is 7.36. The van der Waals surface area contributed by atoms with E-state index in [2.05, 4.69) is 37.3 Å². The molecular weight excluding hydrogens is 232 g/mol. The monoisotopic (exact) mass is 256 g/mol. The van der Waals surface area contributed by atoms with Crippen LogP contribution in [0.25, 0.3) is 0 Å². The SMILES string of the molecule is C[C@@]12CCC[C@H]1[C@@H]1C(O)C=C3C=CC=C[C@@H]3[C@H]1CC2. The highest BCUT2D eigenvalue weighted by molar-refractivity contribution is 5.37. The van der Waals surface area contributed by atoms with Gasteiger partial charge in [-0.25, -0.2) is 0 Å². The number of allylic oxidation sites excluding steroid dienone is 5. The predicted octanol–water partition coefficient (Wildman–Crippen LogP) is 3.86. The Morgan fingerprint density at radius 2 is 2.11 bits per heavy atom. The molecule has 1 unspecified atom stereocenters. The van der Waals surface area contributed by atoms with Crippen molar-refractivity contribution >= 4 is 0 Å². The minimum absolute atomic E-state index is 0.213. The summed E-state index contributed by atoms with van der Waals surface area (Å²) in [5.41, 5.74) is 1.87. The molecule has 0 amide bonds. The van der Waals surface area contributed by atoms with E-state index in [0.29, 0.717) is 23.2 Å². The van der Waals surface area contributed by atoms with Crippen LogP contribution in [0.15, 0.2) is 36.0 Å². The fourth-order valence-electron chi connectivity index (χ4n) is 5.56. The molecule has 6 atom stereocenters. The second-order valence-electron chi connectivity index (χ2n) is 7.36. The summed E-state index contributed by atoms with van der Waals surface area (Å²) in [5.74, 6) is 2.50. The highest BCUT2D eigenvalue weighted by atomic mass is 16.3. The maximum absolute atomic E-state index is 10.7. The second kappa shape index (κ2) is 4.09. The Morgan fingerprint density at radius 1 is 1.21 bits per heavy atom. The predicted molar refractivity (Wildman–Crippen MR) is 77.5 cm³/mol. The van der Waals surface area contributed by atoms with E-state index in [-0.39, 0.29) is 6.10 Å². The normalized spacial score (nSPS) is 51.3. The molecule has 0 heterocycles. The number of aliphatic hydroxyl groups excluding tert-OH is 1. The van der Waals surface area contributed by atoms with E-state index in [9.17, 15) is 5.11 Å². The van der Waals surface area contributed by atoms with Gasteiger partial charge in [-0.15, -0.1) is 0 Å². The molecule has 2 saturated carbocycles. The molecule has 0 saturated heterocycles. The molecule has 2 fully saturated rings. The quantitative estimate of drug-likeness (QED) is 0.697. The van der Waals surface area contributed by atoms with Gasteiger partial charge >= 0.3 is 0 Å². The molecule has 4 aliphatic rings. The average molecular weight is 256 g/mol. The maximum atomic E-state index is 10.7. The fourth-order valence-corrected chi connectivity index (χ4v) is 5.56. The van der Waals surface area contributed by atoms with Gasteiger partial charge in [0, 0.05) is 5.92 Å². The zero-order valence-electron chi connectivity index (χ0n) is 11.8. The van der Waals surface area contributed by atoms with Crippen molar-refractivity contribution < 1.29 is 5.11 Å². The molecule has 19 heavy (non-hydrogen) atoms. The van der Waals surface area contributed by atoms with Crippen molar-refractivity contribution in [2.75, 3.05) is 0 Å². The first-order valence-corrected chi connectivity index (χ1v) is 7.94. The Hall–Kier alpha value is -0.820. The van der Waals surface area contributed by atoms with E-state index in [1.165, 1.54) is 37.7 Å². The minimum Gasteiger partial charge on any atom is -0.389 e. The largest absolute Gasteiger partial charge is 0.389 e. The first kappa shape index (κ1) is 12.0. The van der Waals surface area contributed by atoms with Gasteiger partial charge in [-0.1, -0.05) is 43.7 Å². The Labute approximate surface area is 116 Å². The lowest BCUT2D eigenvalue weighted by Crippen LogP contribution is -2.48. The number of rotatable bonds is 0. The average Bonchev–Trinajstić information content (AvgIpc) is 2.80. The lowest BCUT2D eigenvalue weighted by atomic mass is 9.53. The van der Waals surface area contributed by atoms with Gasteiger partial charge in [0.05, 0.1) is 6.10 Å². The molecule has 0 radical (unpaired) electrons. The highest BCUT2D eigenvalue weighted by Gasteiger charge is 2.53. The van der Waals surface area contributed by atoms with Crippen LogP contribution in [-0.2, 0) is 0 Å². The summed E-state index contributed by atoms with van der Waals surface area (Å²) in [6, 6.07) is 0. The van der Waals surface area contributed by atoms with Crippen molar-refractivity contribution in [1.82, 2.24) is 0 Å². The van der Waals surface area contributed by atoms with Crippen molar-refractivity contribution in [3.8, 4) is 0 Å². The number of aliphatic hydroxyl groups is 1. The zero-order chi connectivity index (χ0) is 13.0. The highest BCUT2D eigenvalue weighted by Crippen LogP contribution is 2.60. The van der Waals surface area contributed by atoms with Crippen LogP contribution < -0.4 is 0 Å². The molecule has 102 valence electrons. The van der Waals surface area contributed by atoms with Crippen LogP contribution in [0.3, 0.4) is 0 Å². The Kier molecular flexibility index (Phi) is 2.57. The van der Waals surface area contributed by atoms with Crippen molar-refractivity contribution in [3.63, 3.8) is 0 Å². The van der Waals surface area contributed by atoms with Gasteiger partial charge < -0.3 is 5.11 Å². The van der Waals surface area contributed by atoms with Crippen LogP contribution in [0.2, 0.25) is 0 Å². The van der Waals surface area contributed by atoms with Crippen molar-refractivity contribution in [2.45, 2.75) is 45.1 Å². The fraction of sp³-hybridized carbons (Fsp3) is 0.667. The van der Waals surface area contributed by atoms with Crippen molar-refractivity contribution in [2.24, 2.45) is 29.1 Å². The standard InChI is InChI=1S/C18H24O/c1-18-9-4-7-15(18)17-14(8-10-18)13-6-3-2-5-12(13)11-16(17)19/h2-3,5-6,11,13-17,19H,4,7-10H2,1H3/t13-,14+,15-,16?,17+,18-/m0/s1. The summed E-state index contributed by atoms with van der Waals surface area (Å²) in [6.45, 7) is 2.48. The van der Waals surface area contributed by atoms with Crippen molar-refractivity contribution in [3.05, 3.63) is 36.0 Å². The van der Waals surface area contributed by atoms with Crippen molar-refractivity contribution in [1.29, 1.82) is 0 Å². The topological polar surface area (TPSA) is 20.2 Å². The molecule has 0 aliphatic heterocycles. The van der Waals surface area contributed by atoms with Gasteiger partial charge in [0.25, 0.3) is 0 Å². The molecule has 1 N–H and O–H groups in total. The van der Waals surface area contributed by atoms with E-state index in [4.69, 9.17) is 0 Å². The molecule has 1 nitrogen and oxygen atoms in total. The van der Waals surface area contributed by atoms with Gasteiger partial charge in [-0.2, -0.15) is 0 Å². The summed E-state index contributed by atoms with van der Waals surface area (Å²) in [6.07, 6.45) is 17.6. The van der Waals surface area contributed by atoms with Gasteiger partial charge in [0.15, 0.2) is 0 Å². The van der Waals surface area contributed by atoms with E-state index >= 15 is 0 Å². The molecule has 0 aromatic carbocycles. The first-order valence-electron chi connectivity index (χ1n) is 7.94. The lowest BCUT2D eigenvalue weighted by molar-refractivity contribution is -0.0388. The third-order valence-electron chi connectivity index (χ3n) is 6.49. The molecule has 4 rings (SSSR count). The van der Waals surface area contributed by atoms with E-state index in [0.717, 1.165) is 5.92 Å². The van der Waals surface area contributed by atoms with Crippen LogP contribution in [0.1, 0.15) is 39.0 Å². The summed E-state index contributed by atoms with van der Waals surface area (Å²) in [7, 11) is 0. The molecule has 0 bridgehead atoms. The van der Waals surface area contributed by atoms with Gasteiger partial charge in [-0.05, 0) is 54.4 Å². The maximum Gasteiger partial charge on any atom is 0.0760 e. The van der Waals surface area contributed by atoms with E-state index in [1.54, 1.807) is 0 Å². The number of hydrogen-bond acceptors (Lipinski definition) is 1. The Balaban J connectivity index is 1.74. The Bertz CT molecular complexity index is 472. The molecule has 1 heteroatoms. The first-order chi connectivity index (χ1) is 9.19. The zero-order valence-corrected chi connectivity index (χ0v) is 11.8. The number of hydrogen-bond donors (Lipinski definition) is 1. The van der Waals surface area contributed by atoms with Gasteiger partial charge in [0.1, 0.15) is 0 Å². The van der Waals surface area contributed by atoms with E-state index < -0.39 is 0 Å². The molecule has 0 aromatic heterocycles. The van der Waals surface area contributed by atoms with Crippen LogP contribution >= 0.6 is 0 Å². The molecular formula is C18H24O. The molecule has 0 spiro atoms. The minimum atomic E-state index is -0.213. The summed E-state index contributed by atoms with van der Waals surface area (Å²) < 4.78 is 0. The Morgan fingerprint density at radius 3 is 3.00 bits per heavy atom. The van der Waals surface area contributed by atoms with Gasteiger partial charge in [0.2, 0.25) is 0 Å². The lowest BCUT2D eigenvalue weighted by Gasteiger charge is -2.52. The number of fused-ring (bicyclic) bond motifs is 5. The molecule has 0 aromatic rings. The summed E-state index contributed by atoms with van der Waals surface area (Å²) >= 11 is 0. The van der Waals surface area contributed by atoms with Crippen LogP contribution in [0.5, 0.6) is 0 Å². The third-order valence-corrected chi connectivity index (χ3v) is 6.49. The van der Waals surface area contributed by atoms with Crippen LogP contribution in [-0.4, -0.2) is 11.2 Å². The van der Waals surface area contributed by atoms with Crippen LogP contribution in [0, 0.1) is 29.1 Å². The van der Waals surface area contributed by atoms with Gasteiger partial charge in [-0.3, -0.25) is 0 Å². The smallest absolute Gasteiger partial charge is 0.0760 e. The van der Waals surface area contributed by atoms with Crippen LogP contribution in [0.4, 0.5) is 0 Å². The summed E-state index contributed by atoms with van der Waals surface area (Å²) in [4.78, 5) is 0. The third kappa shape index (κ3) is 1.64. The summed E-state index contributed by atoms with van der Waals surface area (Å²) in [5, 5.41) is 10.7. The van der Waals surface area contributed by atoms with E-state index in [1.807, 2.05) is 0 Å². The molecule has 4 aliphatic carbocycles.